The summed E-state index contributed by atoms with van der Waals surface area (Å²) in [5, 5.41) is 2.83. The van der Waals surface area contributed by atoms with E-state index in [0.29, 0.717) is 0 Å². The molecule has 0 aliphatic carbocycles. The number of para-hydroxylation sites is 1. The van der Waals surface area contributed by atoms with Gasteiger partial charge in [0.1, 0.15) is 7.59 Å². The Morgan fingerprint density at radius 1 is 1.11 bits per heavy atom. The lowest BCUT2D eigenvalue weighted by Gasteiger charge is -2.29. The van der Waals surface area contributed by atoms with Crippen molar-refractivity contribution in [3.05, 3.63) is 29.8 Å². The van der Waals surface area contributed by atoms with Gasteiger partial charge in [0.2, 0.25) is 5.91 Å². The van der Waals surface area contributed by atoms with Crippen LogP contribution in [0.15, 0.2) is 24.3 Å². The fraction of sp³-hybridized carbons (Fsp3) is 0.400. The van der Waals surface area contributed by atoms with Crippen LogP contribution >= 0.6 is 0 Å². The Bertz CT molecular complexity index is 533. The van der Waals surface area contributed by atoms with Crippen molar-refractivity contribution in [1.29, 1.82) is 0 Å². The van der Waals surface area contributed by atoms with Gasteiger partial charge in [-0.25, -0.2) is 0 Å². The fourth-order valence-corrected chi connectivity index (χ4v) is 3.44. The maximum absolute atomic E-state index is 11.2. The third kappa shape index (κ3) is 4.37. The third-order valence-electron chi connectivity index (χ3n) is 3.62. The topological polar surface area (TPSA) is 29.1 Å². The molecule has 0 heterocycles. The van der Waals surface area contributed by atoms with E-state index in [1.807, 2.05) is 24.3 Å². The molecule has 1 aromatic rings. The SMILES string of the molecule is CC(=O)Nc1ccccc1C#C[Si](C)(C)[Si](C)(C)C. The van der Waals surface area contributed by atoms with Gasteiger partial charge in [-0.2, -0.15) is 0 Å². The van der Waals surface area contributed by atoms with Gasteiger partial charge >= 0.3 is 0 Å². The summed E-state index contributed by atoms with van der Waals surface area (Å²) in [6, 6.07) is 7.73. The zero-order valence-corrected chi connectivity index (χ0v) is 14.7. The summed E-state index contributed by atoms with van der Waals surface area (Å²) in [6.45, 7) is 13.3. The molecule has 1 rings (SSSR count). The molecule has 1 aromatic carbocycles. The first-order chi connectivity index (χ1) is 8.63. The van der Waals surface area contributed by atoms with Crippen LogP contribution in [0.4, 0.5) is 5.69 Å². The molecular formula is C15H23NOSi2. The van der Waals surface area contributed by atoms with Crippen molar-refractivity contribution >= 4 is 26.8 Å². The van der Waals surface area contributed by atoms with E-state index in [4.69, 9.17) is 0 Å². The number of rotatable bonds is 2. The molecule has 0 unspecified atom stereocenters. The Morgan fingerprint density at radius 2 is 1.68 bits per heavy atom. The monoisotopic (exact) mass is 289 g/mol. The molecule has 102 valence electrons. The number of carbonyl (C=O) groups is 1. The van der Waals surface area contributed by atoms with Crippen LogP contribution in [0.25, 0.3) is 0 Å². The molecule has 0 aromatic heterocycles. The van der Waals surface area contributed by atoms with Crippen LogP contribution in [0.1, 0.15) is 12.5 Å². The molecule has 0 aliphatic rings. The number of carbonyl (C=O) groups excluding carboxylic acids is 1. The first-order valence-corrected chi connectivity index (χ1v) is 14.0. The van der Waals surface area contributed by atoms with Gasteiger partial charge in [0.05, 0.1) is 13.3 Å². The molecule has 0 bridgehead atoms. The van der Waals surface area contributed by atoms with E-state index in [1.54, 1.807) is 0 Å². The highest BCUT2D eigenvalue weighted by Crippen LogP contribution is 2.19. The summed E-state index contributed by atoms with van der Waals surface area (Å²) in [7, 11) is -2.70. The second-order valence-electron chi connectivity index (χ2n) is 6.35. The molecule has 4 heteroatoms. The van der Waals surface area contributed by atoms with Crippen molar-refractivity contribution in [2.45, 2.75) is 39.7 Å². The average Bonchev–Trinajstić information content (AvgIpc) is 2.25. The van der Waals surface area contributed by atoms with E-state index in [2.05, 4.69) is 49.5 Å². The Morgan fingerprint density at radius 3 is 2.21 bits per heavy atom. The lowest BCUT2D eigenvalue weighted by molar-refractivity contribution is -0.114. The van der Waals surface area contributed by atoms with Crippen LogP contribution in [0, 0.1) is 11.5 Å². The second-order valence-corrected chi connectivity index (χ2v) is 22.6. The van der Waals surface area contributed by atoms with Crippen LogP contribution in [0.5, 0.6) is 0 Å². The van der Waals surface area contributed by atoms with Gasteiger partial charge in [-0.1, -0.05) is 50.8 Å². The standard InChI is InChI=1S/C15H23NOSi2/c1-13(17)16-15-10-8-7-9-14(15)11-12-19(5,6)18(2,3)4/h7-10H,1-6H3,(H,16,17). The number of hydrogen-bond acceptors (Lipinski definition) is 1. The van der Waals surface area contributed by atoms with Crippen molar-refractivity contribution < 1.29 is 4.79 Å². The Kier molecular flexibility index (Phi) is 4.77. The Labute approximate surface area is 118 Å². The van der Waals surface area contributed by atoms with Gasteiger partial charge in [0.25, 0.3) is 0 Å². The van der Waals surface area contributed by atoms with Crippen LogP contribution in [0.2, 0.25) is 32.7 Å². The van der Waals surface area contributed by atoms with Crippen LogP contribution in [-0.4, -0.2) is 21.1 Å². The van der Waals surface area contributed by atoms with Gasteiger partial charge in [-0.3, -0.25) is 4.79 Å². The first-order valence-electron chi connectivity index (χ1n) is 6.53. The average molecular weight is 290 g/mol. The van der Waals surface area contributed by atoms with E-state index in [-0.39, 0.29) is 5.91 Å². The molecule has 0 atom stereocenters. The third-order valence-corrected chi connectivity index (χ3v) is 19.7. The molecule has 19 heavy (non-hydrogen) atoms. The van der Waals surface area contributed by atoms with Gasteiger partial charge in [-0.05, 0) is 12.1 Å². The van der Waals surface area contributed by atoms with Gasteiger partial charge < -0.3 is 5.32 Å². The number of anilines is 1. The first kappa shape index (κ1) is 15.7. The van der Waals surface area contributed by atoms with Crippen LogP contribution < -0.4 is 5.32 Å². The fourth-order valence-electron chi connectivity index (χ4n) is 1.30. The number of hydrogen-bond donors (Lipinski definition) is 1. The summed E-state index contributed by atoms with van der Waals surface area (Å²) in [4.78, 5) is 11.2. The summed E-state index contributed by atoms with van der Waals surface area (Å²) < 4.78 is 0. The predicted molar refractivity (Wildman–Crippen MR) is 88.5 cm³/mol. The second kappa shape index (κ2) is 5.76. The molecule has 0 spiro atoms. The largest absolute Gasteiger partial charge is 0.325 e. The lowest BCUT2D eigenvalue weighted by Crippen LogP contribution is -2.51. The molecule has 0 saturated heterocycles. The minimum absolute atomic E-state index is 0.0593. The summed E-state index contributed by atoms with van der Waals surface area (Å²) in [6.07, 6.45) is 0. The Hall–Kier alpha value is -1.32. The molecule has 0 saturated carbocycles. The zero-order valence-electron chi connectivity index (χ0n) is 12.7. The van der Waals surface area contributed by atoms with Crippen molar-refractivity contribution in [1.82, 2.24) is 0 Å². The maximum Gasteiger partial charge on any atom is 0.221 e. The quantitative estimate of drug-likeness (QED) is 0.653. The molecule has 0 radical (unpaired) electrons. The lowest BCUT2D eigenvalue weighted by atomic mass is 10.2. The molecule has 1 N–H and O–H groups in total. The van der Waals surface area contributed by atoms with Crippen molar-refractivity contribution in [3.8, 4) is 11.5 Å². The molecular weight excluding hydrogens is 266 g/mol. The predicted octanol–water partition coefficient (Wildman–Crippen LogP) is 3.66. The summed E-state index contributed by atoms with van der Waals surface area (Å²) >= 11 is 0. The summed E-state index contributed by atoms with van der Waals surface area (Å²) in [5.74, 6) is 3.24. The summed E-state index contributed by atoms with van der Waals surface area (Å²) in [5.41, 5.74) is 5.25. The normalized spacial score (nSPS) is 11.5. The highest BCUT2D eigenvalue weighted by Gasteiger charge is 2.35. The van der Waals surface area contributed by atoms with Gasteiger partial charge in [0, 0.05) is 12.5 Å². The van der Waals surface area contributed by atoms with E-state index >= 15 is 0 Å². The molecule has 2 nitrogen and oxygen atoms in total. The van der Waals surface area contributed by atoms with Crippen molar-refractivity contribution in [2.24, 2.45) is 0 Å². The minimum Gasteiger partial charge on any atom is -0.325 e. The van der Waals surface area contributed by atoms with E-state index in [9.17, 15) is 4.79 Å². The van der Waals surface area contributed by atoms with E-state index in [0.717, 1.165) is 11.3 Å². The van der Waals surface area contributed by atoms with Crippen LogP contribution in [0.3, 0.4) is 0 Å². The van der Waals surface area contributed by atoms with Crippen molar-refractivity contribution in [3.63, 3.8) is 0 Å². The molecule has 0 fully saturated rings. The van der Waals surface area contributed by atoms with Crippen molar-refractivity contribution in [2.75, 3.05) is 5.32 Å². The van der Waals surface area contributed by atoms with E-state index < -0.39 is 15.2 Å². The zero-order chi connectivity index (χ0) is 14.7. The molecule has 1 amide bonds. The number of amides is 1. The highest BCUT2D eigenvalue weighted by molar-refractivity contribution is 7.43. The number of nitrogens with one attached hydrogen (secondary N) is 1. The number of benzene rings is 1. The molecule has 0 aliphatic heterocycles. The smallest absolute Gasteiger partial charge is 0.221 e. The van der Waals surface area contributed by atoms with Gasteiger partial charge in [0.15, 0.2) is 0 Å². The Balaban J connectivity index is 3.11. The van der Waals surface area contributed by atoms with Crippen LogP contribution in [-0.2, 0) is 4.79 Å². The maximum atomic E-state index is 11.2. The van der Waals surface area contributed by atoms with E-state index in [1.165, 1.54) is 6.92 Å². The minimum atomic E-state index is -1.49. The highest BCUT2D eigenvalue weighted by atomic mass is 29.3. The van der Waals surface area contributed by atoms with Gasteiger partial charge in [-0.15, -0.1) is 5.54 Å².